The standard InChI is InChI=1S/C8H14FNO6/c9-1-4(12)10-5-7(14)6(13)3(2-11)16-8(5)15/h3,5-8,11,13-15H,1-2H2,(H,10,12)/t3-,5-,6-,7-,8?/m1/s1/i1D/t1?,3-,5-,6-,7-,8?. The number of hydrogen-bond donors (Lipinski definition) is 5. The molecule has 0 bridgehead atoms. The number of hydrogen-bond acceptors (Lipinski definition) is 6. The van der Waals surface area contributed by atoms with Gasteiger partial charge in [0.25, 0.3) is 5.91 Å². The molecular weight excluding hydrogens is 225 g/mol. The molecule has 1 amide bonds. The van der Waals surface area contributed by atoms with Gasteiger partial charge in [-0.15, -0.1) is 0 Å². The number of halogens is 1. The minimum absolute atomic E-state index is 0.639. The van der Waals surface area contributed by atoms with E-state index in [1.165, 1.54) is 0 Å². The minimum atomic E-state index is -2.57. The zero-order valence-corrected chi connectivity index (χ0v) is 8.15. The molecule has 0 aromatic rings. The summed E-state index contributed by atoms with van der Waals surface area (Å²) >= 11 is 0. The number of carbonyl (C=O) groups is 1. The normalized spacial score (nSPS) is 42.3. The van der Waals surface area contributed by atoms with Crippen LogP contribution in [0.15, 0.2) is 0 Å². The first-order chi connectivity index (χ1) is 7.88. The van der Waals surface area contributed by atoms with Crippen molar-refractivity contribution in [2.24, 2.45) is 0 Å². The monoisotopic (exact) mass is 240 g/mol. The van der Waals surface area contributed by atoms with Gasteiger partial charge in [0.05, 0.1) is 7.98 Å². The average molecular weight is 240 g/mol. The van der Waals surface area contributed by atoms with E-state index in [0.717, 1.165) is 0 Å². The molecule has 8 heteroatoms. The van der Waals surface area contributed by atoms with Crippen LogP contribution in [0.1, 0.15) is 1.37 Å². The van der Waals surface area contributed by atoms with Crippen molar-refractivity contribution in [1.82, 2.24) is 5.32 Å². The molecular formula is C8H14FNO6. The van der Waals surface area contributed by atoms with Crippen LogP contribution < -0.4 is 5.32 Å². The smallest absolute Gasteiger partial charge is 0.251 e. The van der Waals surface area contributed by atoms with Crippen molar-refractivity contribution in [1.29, 1.82) is 0 Å². The van der Waals surface area contributed by atoms with Crippen molar-refractivity contribution >= 4 is 5.91 Å². The Morgan fingerprint density at radius 2 is 2.06 bits per heavy atom. The summed E-state index contributed by atoms with van der Waals surface area (Å²) in [6, 6.07) is -1.47. The molecule has 0 aliphatic carbocycles. The first-order valence-electron chi connectivity index (χ1n) is 5.13. The third-order valence-electron chi connectivity index (χ3n) is 2.31. The van der Waals surface area contributed by atoms with E-state index < -0.39 is 49.8 Å². The maximum atomic E-state index is 12.3. The van der Waals surface area contributed by atoms with Gasteiger partial charge in [-0.05, 0) is 0 Å². The van der Waals surface area contributed by atoms with E-state index >= 15 is 0 Å². The van der Waals surface area contributed by atoms with E-state index in [2.05, 4.69) is 0 Å². The van der Waals surface area contributed by atoms with Crippen LogP contribution in [0.2, 0.25) is 0 Å². The van der Waals surface area contributed by atoms with Crippen LogP contribution in [-0.4, -0.2) is 70.2 Å². The van der Waals surface area contributed by atoms with Crippen LogP contribution in [0.5, 0.6) is 0 Å². The fourth-order valence-electron chi connectivity index (χ4n) is 1.45. The third-order valence-corrected chi connectivity index (χ3v) is 2.31. The maximum absolute atomic E-state index is 12.3. The first-order valence-corrected chi connectivity index (χ1v) is 4.55. The molecule has 7 nitrogen and oxygen atoms in total. The quantitative estimate of drug-likeness (QED) is 0.356. The fraction of sp³-hybridized carbons (Fsp3) is 0.875. The van der Waals surface area contributed by atoms with Crippen molar-refractivity contribution in [3.8, 4) is 0 Å². The van der Waals surface area contributed by atoms with Crippen LogP contribution in [0.25, 0.3) is 0 Å². The molecule has 2 unspecified atom stereocenters. The number of aliphatic hydroxyl groups excluding tert-OH is 4. The van der Waals surface area contributed by atoms with Crippen LogP contribution >= 0.6 is 0 Å². The van der Waals surface area contributed by atoms with Gasteiger partial charge in [-0.25, -0.2) is 4.39 Å². The Morgan fingerprint density at radius 1 is 1.44 bits per heavy atom. The summed E-state index contributed by atoms with van der Waals surface area (Å²) in [4.78, 5) is 10.9. The van der Waals surface area contributed by atoms with Crippen molar-refractivity contribution in [3.63, 3.8) is 0 Å². The lowest BCUT2D eigenvalue weighted by Gasteiger charge is -2.40. The number of carbonyl (C=O) groups excluding carboxylic acids is 1. The fourth-order valence-corrected chi connectivity index (χ4v) is 1.45. The molecule has 1 saturated heterocycles. The Morgan fingerprint density at radius 3 is 2.56 bits per heavy atom. The Balaban J connectivity index is 2.69. The molecule has 16 heavy (non-hydrogen) atoms. The molecule has 0 spiro atoms. The Hall–Kier alpha value is -0.800. The Labute approximate surface area is 91.9 Å². The van der Waals surface area contributed by atoms with Gasteiger partial charge in [0.1, 0.15) is 24.4 Å². The summed E-state index contributed by atoms with van der Waals surface area (Å²) in [7, 11) is 0. The van der Waals surface area contributed by atoms with Crippen LogP contribution in [0.3, 0.4) is 0 Å². The summed E-state index contributed by atoms with van der Waals surface area (Å²) in [6.45, 7) is -3.21. The van der Waals surface area contributed by atoms with Crippen molar-refractivity contribution in [2.75, 3.05) is 13.3 Å². The average Bonchev–Trinajstić information content (AvgIpc) is 2.28. The number of amides is 1. The zero-order chi connectivity index (χ0) is 13.2. The summed E-state index contributed by atoms with van der Waals surface area (Å²) in [5.74, 6) is -1.37. The van der Waals surface area contributed by atoms with E-state index in [9.17, 15) is 24.5 Å². The van der Waals surface area contributed by atoms with E-state index in [0.29, 0.717) is 0 Å². The van der Waals surface area contributed by atoms with Gasteiger partial charge >= 0.3 is 0 Å². The van der Waals surface area contributed by atoms with Gasteiger partial charge in [-0.1, -0.05) is 0 Å². The third kappa shape index (κ3) is 2.66. The number of rotatable bonds is 3. The van der Waals surface area contributed by atoms with Gasteiger partial charge in [0.15, 0.2) is 12.9 Å². The first kappa shape index (κ1) is 11.7. The molecule has 1 heterocycles. The molecule has 94 valence electrons. The molecule has 0 aromatic heterocycles. The summed E-state index contributed by atoms with van der Waals surface area (Å²) < 4.78 is 23.5. The summed E-state index contributed by atoms with van der Waals surface area (Å²) in [5.41, 5.74) is 0. The van der Waals surface area contributed by atoms with E-state index in [1.54, 1.807) is 0 Å². The van der Waals surface area contributed by atoms with Crippen molar-refractivity contribution < 1.29 is 35.7 Å². The predicted octanol–water partition coefficient (Wildman–Crippen LogP) is -3.13. The number of nitrogens with one attached hydrogen (secondary N) is 1. The molecule has 6 atom stereocenters. The molecule has 5 N–H and O–H groups in total. The zero-order valence-electron chi connectivity index (χ0n) is 9.15. The minimum Gasteiger partial charge on any atom is -0.394 e. The molecule has 1 aliphatic rings. The second-order valence-corrected chi connectivity index (χ2v) is 3.37. The van der Waals surface area contributed by atoms with Crippen molar-refractivity contribution in [3.05, 3.63) is 0 Å². The maximum Gasteiger partial charge on any atom is 0.251 e. The number of alkyl halides is 1. The molecule has 1 rings (SSSR count). The molecule has 0 radical (unpaired) electrons. The van der Waals surface area contributed by atoms with Gasteiger partial charge in [0, 0.05) is 0 Å². The molecule has 1 fully saturated rings. The summed E-state index contributed by atoms with van der Waals surface area (Å²) in [6.07, 6.45) is -6.10. The van der Waals surface area contributed by atoms with Gasteiger partial charge < -0.3 is 30.5 Å². The van der Waals surface area contributed by atoms with Crippen LogP contribution in [-0.2, 0) is 9.53 Å². The van der Waals surface area contributed by atoms with Gasteiger partial charge in [-0.2, -0.15) is 0 Å². The van der Waals surface area contributed by atoms with E-state index in [4.69, 9.17) is 11.2 Å². The summed E-state index contributed by atoms with van der Waals surface area (Å²) in [5, 5.41) is 39.0. The lowest BCUT2D eigenvalue weighted by Crippen LogP contribution is -2.64. The van der Waals surface area contributed by atoms with E-state index in [-0.39, 0.29) is 0 Å². The lowest BCUT2D eigenvalue weighted by molar-refractivity contribution is -0.253. The van der Waals surface area contributed by atoms with Crippen LogP contribution in [0.4, 0.5) is 4.39 Å². The second-order valence-electron chi connectivity index (χ2n) is 3.37. The Bertz CT molecular complexity index is 281. The number of aliphatic hydroxyl groups is 4. The Kier molecular flexibility index (Phi) is 4.02. The predicted molar refractivity (Wildman–Crippen MR) is 47.9 cm³/mol. The second kappa shape index (κ2) is 5.51. The highest BCUT2D eigenvalue weighted by atomic mass is 19.1. The highest BCUT2D eigenvalue weighted by Gasteiger charge is 2.44. The highest BCUT2D eigenvalue weighted by Crippen LogP contribution is 2.19. The molecule has 1 aliphatic heterocycles. The van der Waals surface area contributed by atoms with Crippen molar-refractivity contribution in [2.45, 2.75) is 30.6 Å². The molecule has 0 saturated carbocycles. The number of ether oxygens (including phenoxy) is 1. The largest absolute Gasteiger partial charge is 0.394 e. The van der Waals surface area contributed by atoms with Gasteiger partial charge in [0.2, 0.25) is 0 Å². The topological polar surface area (TPSA) is 119 Å². The van der Waals surface area contributed by atoms with E-state index in [1.807, 2.05) is 5.32 Å². The molecule has 0 aromatic carbocycles. The highest BCUT2D eigenvalue weighted by molar-refractivity contribution is 5.77. The lowest BCUT2D eigenvalue weighted by atomic mass is 9.97. The van der Waals surface area contributed by atoms with Crippen LogP contribution in [0, 0.1) is 0 Å². The SMILES string of the molecule is [2H]C(F)C(=O)N[C@H]1C(O)O[C@H](CO)[C@@H](O)[C@@H]1O. The van der Waals surface area contributed by atoms with Gasteiger partial charge in [-0.3, -0.25) is 4.79 Å².